The lowest BCUT2D eigenvalue weighted by Crippen LogP contribution is -2.37. The average Bonchev–Trinajstić information content (AvgIpc) is 3.36. The quantitative estimate of drug-likeness (QED) is 0.671. The summed E-state index contributed by atoms with van der Waals surface area (Å²) >= 11 is 0. The number of aromatic nitrogens is 5. The molecule has 1 unspecified atom stereocenters. The molecule has 150 valence electrons. The molecular weight excluding hydrogens is 374 g/mol. The van der Waals surface area contributed by atoms with Gasteiger partial charge in [-0.1, -0.05) is 19.0 Å². The molecule has 3 aromatic heterocycles. The summed E-state index contributed by atoms with van der Waals surface area (Å²) < 4.78 is 10.6. The lowest BCUT2D eigenvalue weighted by molar-refractivity contribution is 0.177. The van der Waals surface area contributed by atoms with Crippen LogP contribution in [0.5, 0.6) is 0 Å². The van der Waals surface area contributed by atoms with E-state index in [-0.39, 0.29) is 18.0 Å². The molecule has 0 aliphatic carbocycles. The Morgan fingerprint density at radius 2 is 2.07 bits per heavy atom. The molecule has 10 nitrogen and oxygen atoms in total. The van der Waals surface area contributed by atoms with Crippen molar-refractivity contribution >= 4 is 17.9 Å². The predicted octanol–water partition coefficient (Wildman–Crippen LogP) is 3.08. The largest absolute Gasteiger partial charge is 0.447 e. The van der Waals surface area contributed by atoms with Gasteiger partial charge < -0.3 is 14.6 Å². The first-order chi connectivity index (χ1) is 14.0. The maximum absolute atomic E-state index is 12.2. The second-order valence-corrected chi connectivity index (χ2v) is 7.06. The Bertz CT molecular complexity index is 992. The van der Waals surface area contributed by atoms with Crippen LogP contribution in [0.2, 0.25) is 0 Å². The van der Waals surface area contributed by atoms with Crippen molar-refractivity contribution in [2.45, 2.75) is 32.9 Å². The predicted molar refractivity (Wildman–Crippen MR) is 104 cm³/mol. The Hall–Kier alpha value is -3.56. The fourth-order valence-electron chi connectivity index (χ4n) is 3.02. The Morgan fingerprint density at radius 3 is 2.83 bits per heavy atom. The van der Waals surface area contributed by atoms with Crippen molar-refractivity contribution in [1.29, 1.82) is 0 Å². The monoisotopic (exact) mass is 395 g/mol. The molecule has 1 amide bonds. The molecule has 1 saturated heterocycles. The van der Waals surface area contributed by atoms with Gasteiger partial charge in [-0.15, -0.1) is 0 Å². The van der Waals surface area contributed by atoms with Crippen LogP contribution in [0.15, 0.2) is 41.3 Å². The van der Waals surface area contributed by atoms with Crippen molar-refractivity contribution in [3.8, 4) is 11.4 Å². The van der Waals surface area contributed by atoms with Gasteiger partial charge in [0, 0.05) is 24.2 Å². The van der Waals surface area contributed by atoms with Crippen LogP contribution in [-0.4, -0.2) is 43.8 Å². The number of nitrogens with one attached hydrogen (secondary N) is 1. The van der Waals surface area contributed by atoms with E-state index in [1.165, 1.54) is 0 Å². The van der Waals surface area contributed by atoms with Gasteiger partial charge in [0.25, 0.3) is 0 Å². The molecule has 0 radical (unpaired) electrons. The highest BCUT2D eigenvalue weighted by Crippen LogP contribution is 2.26. The van der Waals surface area contributed by atoms with E-state index in [0.29, 0.717) is 30.1 Å². The second kappa shape index (κ2) is 7.82. The van der Waals surface area contributed by atoms with Crippen LogP contribution < -0.4 is 10.2 Å². The molecule has 2 atom stereocenters. The zero-order chi connectivity index (χ0) is 20.4. The second-order valence-electron chi connectivity index (χ2n) is 7.06. The fraction of sp³-hybridized carbons (Fsp3) is 0.368. The maximum Gasteiger partial charge on any atom is 0.415 e. The molecule has 1 fully saturated rings. The minimum Gasteiger partial charge on any atom is -0.447 e. The third kappa shape index (κ3) is 3.86. The molecule has 4 heterocycles. The van der Waals surface area contributed by atoms with E-state index in [2.05, 4.69) is 30.4 Å². The summed E-state index contributed by atoms with van der Waals surface area (Å²) in [6.07, 6.45) is 4.54. The van der Waals surface area contributed by atoms with Crippen molar-refractivity contribution in [3.05, 3.63) is 42.7 Å². The van der Waals surface area contributed by atoms with Crippen molar-refractivity contribution in [3.63, 3.8) is 0 Å². The molecule has 29 heavy (non-hydrogen) atoms. The van der Waals surface area contributed by atoms with Crippen LogP contribution in [0, 0.1) is 5.92 Å². The highest BCUT2D eigenvalue weighted by atomic mass is 16.6. The average molecular weight is 395 g/mol. The first-order valence-electron chi connectivity index (χ1n) is 9.32. The summed E-state index contributed by atoms with van der Waals surface area (Å²) in [5.74, 6) is 1.90. The number of carbonyl (C=O) groups is 1. The van der Waals surface area contributed by atoms with Gasteiger partial charge in [0.05, 0.1) is 6.04 Å². The zero-order valence-electron chi connectivity index (χ0n) is 16.3. The molecular formula is C19H21N7O3. The van der Waals surface area contributed by atoms with Crippen LogP contribution >= 0.6 is 0 Å². The summed E-state index contributed by atoms with van der Waals surface area (Å²) in [4.78, 5) is 30.9. The number of amides is 1. The normalized spacial score (nSPS) is 17.4. The molecule has 1 N–H and O–H groups in total. The van der Waals surface area contributed by atoms with Gasteiger partial charge in [-0.2, -0.15) is 9.97 Å². The SMILES string of the molecule is CC(Nc1nccc(N2C(=O)OC[C@@H]2C(C)C)n1)c1nc(-c2cccnc2)no1. The maximum atomic E-state index is 12.2. The smallest absolute Gasteiger partial charge is 0.415 e. The molecule has 0 aromatic carbocycles. The summed E-state index contributed by atoms with van der Waals surface area (Å²) in [5, 5.41) is 7.13. The number of carbonyl (C=O) groups excluding carboxylic acids is 1. The van der Waals surface area contributed by atoms with Gasteiger partial charge >= 0.3 is 6.09 Å². The number of hydrogen-bond acceptors (Lipinski definition) is 9. The molecule has 3 aromatic rings. The fourth-order valence-corrected chi connectivity index (χ4v) is 3.02. The van der Waals surface area contributed by atoms with Gasteiger partial charge in [-0.3, -0.25) is 9.88 Å². The highest BCUT2D eigenvalue weighted by Gasteiger charge is 2.37. The van der Waals surface area contributed by atoms with Gasteiger partial charge in [0.2, 0.25) is 17.7 Å². The number of nitrogens with zero attached hydrogens (tertiary/aromatic N) is 6. The Labute approximate surface area is 167 Å². The van der Waals surface area contributed by atoms with E-state index >= 15 is 0 Å². The number of ether oxygens (including phenoxy) is 1. The third-order valence-electron chi connectivity index (χ3n) is 4.64. The highest BCUT2D eigenvalue weighted by molar-refractivity contribution is 5.89. The van der Waals surface area contributed by atoms with E-state index in [0.717, 1.165) is 5.56 Å². The number of hydrogen-bond donors (Lipinski definition) is 1. The van der Waals surface area contributed by atoms with Gasteiger partial charge in [-0.25, -0.2) is 9.78 Å². The molecule has 1 aliphatic heterocycles. The summed E-state index contributed by atoms with van der Waals surface area (Å²) in [7, 11) is 0. The van der Waals surface area contributed by atoms with Crippen molar-refractivity contribution < 1.29 is 14.1 Å². The molecule has 10 heteroatoms. The van der Waals surface area contributed by atoms with Gasteiger partial charge in [0.15, 0.2) is 0 Å². The Balaban J connectivity index is 1.51. The number of cyclic esters (lactones) is 1. The van der Waals surface area contributed by atoms with Gasteiger partial charge in [-0.05, 0) is 31.0 Å². The van der Waals surface area contributed by atoms with Crippen molar-refractivity contribution in [2.24, 2.45) is 5.92 Å². The molecule has 0 bridgehead atoms. The first kappa shape index (κ1) is 18.8. The third-order valence-corrected chi connectivity index (χ3v) is 4.64. The standard InChI is InChI=1S/C19H21N7O3/c1-11(2)14-10-28-19(27)26(14)15-6-8-21-18(23-15)22-12(3)17-24-16(25-29-17)13-5-4-7-20-9-13/h4-9,11-12,14H,10H2,1-3H3,(H,21,22,23)/t12?,14-/m1/s1. The van der Waals surface area contributed by atoms with E-state index in [1.54, 1.807) is 35.6 Å². The summed E-state index contributed by atoms with van der Waals surface area (Å²) in [5.41, 5.74) is 0.764. The lowest BCUT2D eigenvalue weighted by atomic mass is 10.0. The van der Waals surface area contributed by atoms with Crippen molar-refractivity contribution in [1.82, 2.24) is 25.1 Å². The van der Waals surface area contributed by atoms with E-state index in [9.17, 15) is 4.79 Å². The van der Waals surface area contributed by atoms with Crippen LogP contribution in [0.4, 0.5) is 16.6 Å². The molecule has 1 aliphatic rings. The molecule has 4 rings (SSSR count). The summed E-state index contributed by atoms with van der Waals surface area (Å²) in [6, 6.07) is 4.94. The van der Waals surface area contributed by atoms with Crippen LogP contribution in [0.3, 0.4) is 0 Å². The van der Waals surface area contributed by atoms with Crippen LogP contribution in [0.1, 0.15) is 32.7 Å². The number of anilines is 2. The van der Waals surface area contributed by atoms with E-state index in [1.807, 2.05) is 26.8 Å². The lowest BCUT2D eigenvalue weighted by Gasteiger charge is -2.23. The van der Waals surface area contributed by atoms with Crippen LogP contribution in [-0.2, 0) is 4.74 Å². The first-order valence-corrected chi connectivity index (χ1v) is 9.32. The Kier molecular flexibility index (Phi) is 5.07. The topological polar surface area (TPSA) is 119 Å². The minimum atomic E-state index is -0.403. The van der Waals surface area contributed by atoms with Crippen LogP contribution in [0.25, 0.3) is 11.4 Å². The van der Waals surface area contributed by atoms with E-state index in [4.69, 9.17) is 9.26 Å². The minimum absolute atomic E-state index is 0.0688. The number of rotatable bonds is 6. The zero-order valence-corrected chi connectivity index (χ0v) is 16.3. The summed E-state index contributed by atoms with van der Waals surface area (Å²) in [6.45, 7) is 6.28. The molecule has 0 saturated carbocycles. The Morgan fingerprint density at radius 1 is 1.21 bits per heavy atom. The number of pyridine rings is 1. The molecule has 0 spiro atoms. The van der Waals surface area contributed by atoms with E-state index < -0.39 is 6.09 Å². The van der Waals surface area contributed by atoms with Gasteiger partial charge in [0.1, 0.15) is 18.5 Å². The van der Waals surface area contributed by atoms with Crippen molar-refractivity contribution in [2.75, 3.05) is 16.8 Å².